The number of rotatable bonds is 21. The van der Waals surface area contributed by atoms with E-state index in [1.54, 1.807) is 30.3 Å². The molecule has 0 unspecified atom stereocenters. The van der Waals surface area contributed by atoms with E-state index >= 15 is 0 Å². The Balaban J connectivity index is 1.72. The quantitative estimate of drug-likeness (QED) is 0.157. The Kier molecular flexibility index (Phi) is 16.5. The Hall–Kier alpha value is -3.72. The van der Waals surface area contributed by atoms with Gasteiger partial charge in [0.15, 0.2) is 5.78 Å². The Morgan fingerprint density at radius 3 is 2.00 bits per heavy atom. The van der Waals surface area contributed by atoms with Crippen LogP contribution < -0.4 is 5.32 Å². The van der Waals surface area contributed by atoms with Crippen LogP contribution in [-0.2, 0) is 51.2 Å². The SMILES string of the molecule is O=C(C[C@@H](CCc1ccccc1)C(=O)N[C@@H](COC(F)F)C(=O)C[C@@H](COC(F)F)C(=O)OCc1ccccc1)CN1CCOCC1. The number of halogens is 4. The minimum absolute atomic E-state index is 0.0895. The maximum absolute atomic E-state index is 13.5. The van der Waals surface area contributed by atoms with Crippen molar-refractivity contribution >= 4 is 23.4 Å². The van der Waals surface area contributed by atoms with Gasteiger partial charge in [0.25, 0.3) is 0 Å². The van der Waals surface area contributed by atoms with Crippen molar-refractivity contribution in [2.75, 3.05) is 46.1 Å². The molecule has 1 amide bonds. The van der Waals surface area contributed by atoms with Crippen LogP contribution in [0, 0.1) is 11.8 Å². The third-order valence-corrected chi connectivity index (χ3v) is 7.50. The highest BCUT2D eigenvalue weighted by molar-refractivity contribution is 5.93. The maximum Gasteiger partial charge on any atom is 0.345 e. The second-order valence-electron chi connectivity index (χ2n) is 11.1. The number of hydrogen-bond acceptors (Lipinski definition) is 9. The van der Waals surface area contributed by atoms with Gasteiger partial charge in [-0.1, -0.05) is 60.7 Å². The number of carbonyl (C=O) groups excluding carboxylic acids is 4. The number of benzene rings is 2. The highest BCUT2D eigenvalue weighted by Crippen LogP contribution is 2.18. The van der Waals surface area contributed by atoms with Gasteiger partial charge in [0.1, 0.15) is 18.4 Å². The monoisotopic (exact) mass is 668 g/mol. The van der Waals surface area contributed by atoms with Crippen molar-refractivity contribution in [2.24, 2.45) is 11.8 Å². The molecule has 0 spiro atoms. The first-order valence-corrected chi connectivity index (χ1v) is 15.3. The van der Waals surface area contributed by atoms with Gasteiger partial charge in [-0.05, 0) is 24.0 Å². The topological polar surface area (TPSA) is 120 Å². The van der Waals surface area contributed by atoms with E-state index in [1.165, 1.54) is 0 Å². The van der Waals surface area contributed by atoms with Crippen molar-refractivity contribution in [1.82, 2.24) is 10.2 Å². The van der Waals surface area contributed by atoms with Crippen LogP contribution in [0.5, 0.6) is 0 Å². The highest BCUT2D eigenvalue weighted by atomic mass is 19.3. The molecule has 0 radical (unpaired) electrons. The molecule has 1 heterocycles. The van der Waals surface area contributed by atoms with Gasteiger partial charge in [-0.2, -0.15) is 17.6 Å². The fourth-order valence-electron chi connectivity index (χ4n) is 4.96. The van der Waals surface area contributed by atoms with Crippen LogP contribution in [0.25, 0.3) is 0 Å². The number of ketones is 2. The predicted molar refractivity (Wildman–Crippen MR) is 160 cm³/mol. The van der Waals surface area contributed by atoms with E-state index in [0.29, 0.717) is 38.3 Å². The lowest BCUT2D eigenvalue weighted by atomic mass is 9.92. The zero-order valence-corrected chi connectivity index (χ0v) is 25.9. The molecule has 2 aromatic carbocycles. The number of Topliss-reactive ketones (excluding diaryl/α,β-unsaturated/α-hetero) is 2. The number of morpholine rings is 1. The standard InChI is InChI=1S/C33H40F4N2O8/c34-32(35)46-21-26(31(43)45-20-24-9-5-2-6-10-24)18-29(41)28(22-47-33(36)37)38-30(42)25(12-11-23-7-3-1-4-8-23)17-27(40)19-39-13-15-44-16-14-39/h1-10,25-26,28,32-33H,11-22H2,(H,38,42)/t25-,26+,28+/m1/s1. The largest absolute Gasteiger partial charge is 0.461 e. The van der Waals surface area contributed by atoms with Crippen LogP contribution in [0.15, 0.2) is 60.7 Å². The van der Waals surface area contributed by atoms with Gasteiger partial charge in [-0.25, -0.2) is 0 Å². The van der Waals surface area contributed by atoms with E-state index in [9.17, 15) is 36.7 Å². The number of hydrogen-bond donors (Lipinski definition) is 1. The molecule has 3 rings (SSSR count). The van der Waals surface area contributed by atoms with Crippen molar-refractivity contribution in [3.05, 3.63) is 71.8 Å². The predicted octanol–water partition coefficient (Wildman–Crippen LogP) is 3.81. The molecule has 0 aliphatic carbocycles. The third kappa shape index (κ3) is 14.7. The van der Waals surface area contributed by atoms with Crippen molar-refractivity contribution in [3.8, 4) is 0 Å². The number of nitrogens with one attached hydrogen (secondary N) is 1. The van der Waals surface area contributed by atoms with Crippen LogP contribution in [0.2, 0.25) is 0 Å². The lowest BCUT2D eigenvalue weighted by molar-refractivity contribution is -0.167. The Bertz CT molecular complexity index is 1250. The molecular formula is C33H40F4N2O8. The fourth-order valence-corrected chi connectivity index (χ4v) is 4.96. The first kappa shape index (κ1) is 37.7. The molecule has 2 aromatic rings. The van der Waals surface area contributed by atoms with Crippen LogP contribution >= 0.6 is 0 Å². The Labute approximate surface area is 270 Å². The smallest absolute Gasteiger partial charge is 0.345 e. The molecule has 0 saturated carbocycles. The molecule has 0 aromatic heterocycles. The summed E-state index contributed by atoms with van der Waals surface area (Å²) in [6.07, 6.45) is -0.333. The van der Waals surface area contributed by atoms with E-state index in [0.717, 1.165) is 5.56 Å². The molecule has 47 heavy (non-hydrogen) atoms. The van der Waals surface area contributed by atoms with Gasteiger partial charge in [0.05, 0.1) is 38.9 Å². The summed E-state index contributed by atoms with van der Waals surface area (Å²) in [7, 11) is 0. The number of aryl methyl sites for hydroxylation is 1. The van der Waals surface area contributed by atoms with E-state index in [1.807, 2.05) is 35.2 Å². The van der Waals surface area contributed by atoms with Gasteiger partial charge in [-0.3, -0.25) is 24.1 Å². The summed E-state index contributed by atoms with van der Waals surface area (Å²) >= 11 is 0. The van der Waals surface area contributed by atoms with Crippen LogP contribution in [0.3, 0.4) is 0 Å². The zero-order valence-electron chi connectivity index (χ0n) is 25.9. The molecule has 258 valence electrons. The number of amides is 1. The number of nitrogens with zero attached hydrogens (tertiary/aromatic N) is 1. The van der Waals surface area contributed by atoms with E-state index in [-0.39, 0.29) is 31.8 Å². The molecular weight excluding hydrogens is 628 g/mol. The fraction of sp³-hybridized carbons (Fsp3) is 0.515. The molecule has 1 saturated heterocycles. The van der Waals surface area contributed by atoms with Crippen molar-refractivity contribution in [2.45, 2.75) is 51.6 Å². The Morgan fingerprint density at radius 2 is 1.38 bits per heavy atom. The molecule has 10 nitrogen and oxygen atoms in total. The zero-order chi connectivity index (χ0) is 34.0. The molecule has 0 bridgehead atoms. The molecule has 1 aliphatic heterocycles. The van der Waals surface area contributed by atoms with Gasteiger partial charge in [0, 0.05) is 31.8 Å². The van der Waals surface area contributed by atoms with Crippen LogP contribution in [-0.4, -0.2) is 93.7 Å². The first-order valence-electron chi connectivity index (χ1n) is 15.3. The van der Waals surface area contributed by atoms with E-state index in [4.69, 9.17) is 9.47 Å². The minimum atomic E-state index is -3.29. The second kappa shape index (κ2) is 20.5. The molecule has 3 atom stereocenters. The average Bonchev–Trinajstić information content (AvgIpc) is 3.06. The first-order chi connectivity index (χ1) is 22.6. The summed E-state index contributed by atoms with van der Waals surface area (Å²) in [4.78, 5) is 54.6. The van der Waals surface area contributed by atoms with Crippen LogP contribution in [0.1, 0.15) is 30.4 Å². The minimum Gasteiger partial charge on any atom is -0.461 e. The summed E-state index contributed by atoms with van der Waals surface area (Å²) < 4.78 is 70.9. The number of alkyl halides is 4. The summed E-state index contributed by atoms with van der Waals surface area (Å²) in [6, 6.07) is 16.0. The number of esters is 1. The lowest BCUT2D eigenvalue weighted by Crippen LogP contribution is -2.48. The molecule has 1 N–H and O–H groups in total. The Morgan fingerprint density at radius 1 is 0.787 bits per heavy atom. The van der Waals surface area contributed by atoms with E-state index in [2.05, 4.69) is 14.8 Å². The van der Waals surface area contributed by atoms with Crippen LogP contribution in [0.4, 0.5) is 17.6 Å². The van der Waals surface area contributed by atoms with Gasteiger partial charge in [0.2, 0.25) is 5.91 Å². The summed E-state index contributed by atoms with van der Waals surface area (Å²) in [5.41, 5.74) is 1.50. The van der Waals surface area contributed by atoms with Gasteiger partial charge in [-0.15, -0.1) is 0 Å². The lowest BCUT2D eigenvalue weighted by Gasteiger charge is -2.27. The molecule has 14 heteroatoms. The average molecular weight is 669 g/mol. The van der Waals surface area contributed by atoms with Crippen molar-refractivity contribution < 1.29 is 55.7 Å². The second-order valence-corrected chi connectivity index (χ2v) is 11.1. The summed E-state index contributed by atoms with van der Waals surface area (Å²) in [6.45, 7) is -6.48. The third-order valence-electron chi connectivity index (χ3n) is 7.50. The summed E-state index contributed by atoms with van der Waals surface area (Å²) in [5, 5.41) is 2.41. The number of carbonyl (C=O) groups is 4. The van der Waals surface area contributed by atoms with Crippen molar-refractivity contribution in [3.63, 3.8) is 0 Å². The molecule has 1 aliphatic rings. The summed E-state index contributed by atoms with van der Waals surface area (Å²) in [5.74, 6) is -5.41. The maximum atomic E-state index is 13.5. The normalized spacial score (nSPS) is 15.6. The number of ether oxygens (including phenoxy) is 4. The van der Waals surface area contributed by atoms with Gasteiger partial charge < -0.3 is 24.3 Å². The van der Waals surface area contributed by atoms with E-state index < -0.39 is 68.4 Å². The molecule has 1 fully saturated rings. The van der Waals surface area contributed by atoms with Gasteiger partial charge >= 0.3 is 19.2 Å². The highest BCUT2D eigenvalue weighted by Gasteiger charge is 2.33. The van der Waals surface area contributed by atoms with Crippen molar-refractivity contribution in [1.29, 1.82) is 0 Å².